The van der Waals surface area contributed by atoms with E-state index in [0.29, 0.717) is 0 Å². The number of ether oxygens (including phenoxy) is 1. The van der Waals surface area contributed by atoms with Crippen molar-refractivity contribution >= 4 is 17.3 Å². The number of nitro groups is 1. The molecule has 0 aliphatic rings. The number of carbonyl (C=O) groups is 1. The summed E-state index contributed by atoms with van der Waals surface area (Å²) in [5.41, 5.74) is 4.16. The van der Waals surface area contributed by atoms with Gasteiger partial charge in [0.1, 0.15) is 16.9 Å². The van der Waals surface area contributed by atoms with Crippen molar-refractivity contribution in [2.45, 2.75) is 26.4 Å². The van der Waals surface area contributed by atoms with Gasteiger partial charge in [0.25, 0.3) is 0 Å². The summed E-state index contributed by atoms with van der Waals surface area (Å²) >= 11 is 0. The lowest BCUT2D eigenvalue weighted by Crippen LogP contribution is -2.24. The van der Waals surface area contributed by atoms with Crippen molar-refractivity contribution < 1.29 is 14.5 Å². The van der Waals surface area contributed by atoms with Gasteiger partial charge < -0.3 is 10.5 Å². The lowest BCUT2D eigenvalue weighted by molar-refractivity contribution is -0.384. The Hall–Kier alpha value is -2.11. The van der Waals surface area contributed by atoms with Gasteiger partial charge in [0.2, 0.25) is 0 Å². The number of nitro benzene ring substituents is 1. The number of nitrogens with two attached hydrogens (primary N) is 1. The van der Waals surface area contributed by atoms with Crippen molar-refractivity contribution in [3.8, 4) is 0 Å². The zero-order valence-corrected chi connectivity index (χ0v) is 9.89. The molecule has 0 bridgehead atoms. The van der Waals surface area contributed by atoms with E-state index in [9.17, 15) is 14.9 Å². The van der Waals surface area contributed by atoms with E-state index in [2.05, 4.69) is 0 Å². The third kappa shape index (κ3) is 3.17. The van der Waals surface area contributed by atoms with E-state index in [1.54, 1.807) is 20.8 Å². The van der Waals surface area contributed by atoms with Crippen LogP contribution in [-0.2, 0) is 4.74 Å². The molecule has 6 heteroatoms. The average molecular weight is 238 g/mol. The topological polar surface area (TPSA) is 95.5 Å². The third-order valence-electron chi connectivity index (χ3n) is 1.87. The molecule has 0 heterocycles. The third-order valence-corrected chi connectivity index (χ3v) is 1.87. The molecule has 0 fully saturated rings. The van der Waals surface area contributed by atoms with Crippen LogP contribution in [0.1, 0.15) is 31.1 Å². The van der Waals surface area contributed by atoms with Crippen LogP contribution >= 0.6 is 0 Å². The van der Waals surface area contributed by atoms with Crippen LogP contribution in [0, 0.1) is 10.1 Å². The Bertz CT molecular complexity index is 463. The second-order valence-corrected chi connectivity index (χ2v) is 4.50. The van der Waals surface area contributed by atoms with Crippen LogP contribution in [-0.4, -0.2) is 16.5 Å². The molecular weight excluding hydrogens is 224 g/mol. The van der Waals surface area contributed by atoms with Gasteiger partial charge in [0, 0.05) is 0 Å². The number of hydrogen-bond acceptors (Lipinski definition) is 5. The maximum absolute atomic E-state index is 11.8. The summed E-state index contributed by atoms with van der Waals surface area (Å²) in [6.45, 7) is 5.05. The molecule has 17 heavy (non-hydrogen) atoms. The number of rotatable bonds is 2. The molecule has 0 radical (unpaired) electrons. The van der Waals surface area contributed by atoms with E-state index in [-0.39, 0.29) is 11.3 Å². The fraction of sp³-hybridized carbons (Fsp3) is 0.364. The molecular formula is C11H14N2O4. The maximum atomic E-state index is 11.8. The van der Waals surface area contributed by atoms with Crippen LogP contribution in [0.5, 0.6) is 0 Å². The largest absolute Gasteiger partial charge is 0.456 e. The monoisotopic (exact) mass is 238 g/mol. The molecule has 1 aromatic carbocycles. The molecule has 1 aromatic rings. The van der Waals surface area contributed by atoms with Crippen LogP contribution in [0.25, 0.3) is 0 Å². The number of esters is 1. The second kappa shape index (κ2) is 4.40. The lowest BCUT2D eigenvalue weighted by atomic mass is 10.1. The number of nitrogen functional groups attached to an aromatic ring is 1. The summed E-state index contributed by atoms with van der Waals surface area (Å²) < 4.78 is 5.07. The van der Waals surface area contributed by atoms with Crippen molar-refractivity contribution in [3.63, 3.8) is 0 Å². The summed E-state index contributed by atoms with van der Waals surface area (Å²) in [7, 11) is 0. The summed E-state index contributed by atoms with van der Waals surface area (Å²) in [5, 5.41) is 10.8. The fourth-order valence-corrected chi connectivity index (χ4v) is 1.26. The first-order valence-corrected chi connectivity index (χ1v) is 4.98. The standard InChI is InChI=1S/C11H14N2O4/c1-11(2,3)17-10(14)7-5-4-6-8(12)9(7)13(15)16/h4-6H,12H2,1-3H3. The Balaban J connectivity index is 3.19. The van der Waals surface area contributed by atoms with Gasteiger partial charge in [-0.15, -0.1) is 0 Å². The highest BCUT2D eigenvalue weighted by Crippen LogP contribution is 2.27. The Kier molecular flexibility index (Phi) is 3.36. The normalized spacial score (nSPS) is 11.0. The van der Waals surface area contributed by atoms with Gasteiger partial charge in [-0.3, -0.25) is 10.1 Å². The van der Waals surface area contributed by atoms with Crippen molar-refractivity contribution in [1.82, 2.24) is 0 Å². The van der Waals surface area contributed by atoms with Gasteiger partial charge in [-0.05, 0) is 32.9 Å². The molecule has 1 rings (SSSR count). The van der Waals surface area contributed by atoms with Gasteiger partial charge in [0.15, 0.2) is 0 Å². The zero-order chi connectivity index (χ0) is 13.2. The molecule has 0 unspecified atom stereocenters. The van der Waals surface area contributed by atoms with Crippen molar-refractivity contribution in [2.75, 3.05) is 5.73 Å². The van der Waals surface area contributed by atoms with Gasteiger partial charge in [-0.25, -0.2) is 4.79 Å². The van der Waals surface area contributed by atoms with Crippen molar-refractivity contribution in [2.24, 2.45) is 0 Å². The minimum atomic E-state index is -0.753. The first-order chi connectivity index (χ1) is 7.72. The van der Waals surface area contributed by atoms with Crippen molar-refractivity contribution in [1.29, 1.82) is 0 Å². The van der Waals surface area contributed by atoms with E-state index < -0.39 is 22.2 Å². The fourth-order valence-electron chi connectivity index (χ4n) is 1.26. The molecule has 6 nitrogen and oxygen atoms in total. The molecule has 0 aromatic heterocycles. The summed E-state index contributed by atoms with van der Waals surface area (Å²) in [6.07, 6.45) is 0. The van der Waals surface area contributed by atoms with E-state index in [1.165, 1.54) is 18.2 Å². The van der Waals surface area contributed by atoms with E-state index in [1.807, 2.05) is 0 Å². The Labute approximate surface area is 98.5 Å². The highest BCUT2D eigenvalue weighted by Gasteiger charge is 2.27. The first kappa shape index (κ1) is 13.0. The van der Waals surface area contributed by atoms with E-state index in [4.69, 9.17) is 10.5 Å². The molecule has 0 aliphatic carbocycles. The van der Waals surface area contributed by atoms with Crippen LogP contribution in [0.3, 0.4) is 0 Å². The SMILES string of the molecule is CC(C)(C)OC(=O)c1cccc(N)c1[N+](=O)[O-]. The lowest BCUT2D eigenvalue weighted by Gasteiger charge is -2.19. The highest BCUT2D eigenvalue weighted by molar-refractivity contribution is 5.96. The zero-order valence-electron chi connectivity index (χ0n) is 9.89. The molecule has 0 atom stereocenters. The van der Waals surface area contributed by atoms with E-state index >= 15 is 0 Å². The van der Waals surface area contributed by atoms with Gasteiger partial charge in [0.05, 0.1) is 4.92 Å². The van der Waals surface area contributed by atoms with Crippen LogP contribution < -0.4 is 5.73 Å². The van der Waals surface area contributed by atoms with Crippen molar-refractivity contribution in [3.05, 3.63) is 33.9 Å². The number of carbonyl (C=O) groups excluding carboxylic acids is 1. The maximum Gasteiger partial charge on any atom is 0.345 e. The number of anilines is 1. The molecule has 0 aliphatic heterocycles. The van der Waals surface area contributed by atoms with Gasteiger partial charge in [-0.1, -0.05) is 6.07 Å². The van der Waals surface area contributed by atoms with E-state index in [0.717, 1.165) is 0 Å². The second-order valence-electron chi connectivity index (χ2n) is 4.50. The minimum absolute atomic E-state index is 0.0571. The molecule has 0 saturated carbocycles. The van der Waals surface area contributed by atoms with Crippen LogP contribution in [0.2, 0.25) is 0 Å². The number of nitrogens with zero attached hydrogens (tertiary/aromatic N) is 1. The first-order valence-electron chi connectivity index (χ1n) is 4.98. The van der Waals surface area contributed by atoms with Gasteiger partial charge in [-0.2, -0.15) is 0 Å². The number of para-hydroxylation sites is 1. The molecule has 0 spiro atoms. The molecule has 92 valence electrons. The highest BCUT2D eigenvalue weighted by atomic mass is 16.6. The summed E-state index contributed by atoms with van der Waals surface area (Å²) in [6, 6.07) is 4.16. The Morgan fingerprint density at radius 1 is 1.41 bits per heavy atom. The Morgan fingerprint density at radius 2 is 2.00 bits per heavy atom. The van der Waals surface area contributed by atoms with Gasteiger partial charge >= 0.3 is 11.7 Å². The smallest absolute Gasteiger partial charge is 0.345 e. The minimum Gasteiger partial charge on any atom is -0.456 e. The molecule has 0 amide bonds. The Morgan fingerprint density at radius 3 is 2.47 bits per heavy atom. The summed E-state index contributed by atoms with van der Waals surface area (Å²) in [5.74, 6) is -0.753. The number of benzene rings is 1. The van der Waals surface area contributed by atoms with Crippen LogP contribution in [0.4, 0.5) is 11.4 Å². The molecule has 2 N–H and O–H groups in total. The predicted molar refractivity (Wildman–Crippen MR) is 62.7 cm³/mol. The number of hydrogen-bond donors (Lipinski definition) is 1. The van der Waals surface area contributed by atoms with Crippen LogP contribution in [0.15, 0.2) is 18.2 Å². The predicted octanol–water partition coefficient (Wildman–Crippen LogP) is 2.13. The summed E-state index contributed by atoms with van der Waals surface area (Å²) in [4.78, 5) is 21.9. The average Bonchev–Trinajstić information content (AvgIpc) is 2.13. The molecule has 0 saturated heterocycles. The quantitative estimate of drug-likeness (QED) is 0.368.